The van der Waals surface area contributed by atoms with Crippen molar-refractivity contribution in [2.24, 2.45) is 0 Å². The zero-order chi connectivity index (χ0) is 12.3. The molecule has 0 bridgehead atoms. The number of morpholine rings is 1. The molecule has 0 aromatic carbocycles. The molecule has 1 saturated heterocycles. The van der Waals surface area contributed by atoms with Crippen molar-refractivity contribution in [2.45, 2.75) is 20.3 Å². The first-order valence-corrected chi connectivity index (χ1v) is 6.16. The molecule has 1 aromatic heterocycles. The smallest absolute Gasteiger partial charge is 0.180 e. The molecule has 1 aromatic rings. The van der Waals surface area contributed by atoms with E-state index in [0.29, 0.717) is 6.42 Å². The number of nitrogens with one attached hydrogen (secondary N) is 1. The molecule has 4 heteroatoms. The number of nitrogens with zero attached hydrogens (tertiary/aromatic N) is 1. The Hall–Kier alpha value is -1.13. The van der Waals surface area contributed by atoms with Crippen LogP contribution in [0.3, 0.4) is 0 Å². The second kappa shape index (κ2) is 5.47. The Morgan fingerprint density at radius 1 is 1.41 bits per heavy atom. The summed E-state index contributed by atoms with van der Waals surface area (Å²) in [5.41, 5.74) is 2.88. The Kier molecular flexibility index (Phi) is 3.97. The van der Waals surface area contributed by atoms with Gasteiger partial charge in [0.25, 0.3) is 0 Å². The maximum atomic E-state index is 12.0. The molecule has 0 amide bonds. The number of aromatic amines is 1. The largest absolute Gasteiger partial charge is 0.379 e. The first kappa shape index (κ1) is 12.3. The van der Waals surface area contributed by atoms with E-state index in [1.807, 2.05) is 19.9 Å². The minimum atomic E-state index is 0.210. The number of ketones is 1. The van der Waals surface area contributed by atoms with E-state index in [-0.39, 0.29) is 5.78 Å². The quantitative estimate of drug-likeness (QED) is 0.806. The number of ether oxygens (including phenoxy) is 1. The Morgan fingerprint density at radius 3 is 2.71 bits per heavy atom. The number of Topliss-reactive ketones (excluding diaryl/α,β-unsaturated/α-hetero) is 1. The molecule has 17 heavy (non-hydrogen) atoms. The maximum absolute atomic E-state index is 12.0. The number of hydrogen-bond donors (Lipinski definition) is 1. The molecule has 1 aliphatic heterocycles. The zero-order valence-electron chi connectivity index (χ0n) is 10.6. The summed E-state index contributed by atoms with van der Waals surface area (Å²) in [6.07, 6.45) is 0.584. The molecule has 1 aliphatic rings. The molecule has 2 heterocycles. The van der Waals surface area contributed by atoms with Crippen LogP contribution in [0.4, 0.5) is 0 Å². The van der Waals surface area contributed by atoms with E-state index >= 15 is 0 Å². The molecule has 0 spiro atoms. The lowest BCUT2D eigenvalue weighted by atomic mass is 10.1. The normalized spacial score (nSPS) is 17.3. The van der Waals surface area contributed by atoms with Crippen molar-refractivity contribution in [3.8, 4) is 0 Å². The number of carbonyl (C=O) groups excluding carboxylic acids is 1. The molecule has 94 valence electrons. The average molecular weight is 236 g/mol. The van der Waals surface area contributed by atoms with Crippen molar-refractivity contribution in [2.75, 3.05) is 32.8 Å². The minimum Gasteiger partial charge on any atom is -0.379 e. The number of rotatable bonds is 4. The van der Waals surface area contributed by atoms with Crippen molar-refractivity contribution in [3.05, 3.63) is 23.0 Å². The van der Waals surface area contributed by atoms with Crippen LogP contribution < -0.4 is 0 Å². The van der Waals surface area contributed by atoms with Gasteiger partial charge in [0.15, 0.2) is 5.78 Å². The summed E-state index contributed by atoms with van der Waals surface area (Å²) in [5.74, 6) is 0.210. The fraction of sp³-hybridized carbons (Fsp3) is 0.615. The number of aromatic nitrogens is 1. The maximum Gasteiger partial charge on any atom is 0.180 e. The lowest BCUT2D eigenvalue weighted by Crippen LogP contribution is -2.37. The molecular weight excluding hydrogens is 216 g/mol. The molecule has 0 atom stereocenters. The molecule has 4 nitrogen and oxygen atoms in total. The van der Waals surface area contributed by atoms with E-state index in [9.17, 15) is 4.79 Å². The first-order valence-electron chi connectivity index (χ1n) is 6.16. The molecule has 0 radical (unpaired) electrons. The van der Waals surface area contributed by atoms with Gasteiger partial charge in [0.2, 0.25) is 0 Å². The Morgan fingerprint density at radius 2 is 2.12 bits per heavy atom. The number of H-pyrrole nitrogens is 1. The SMILES string of the molecule is Cc1cc(C)c(C(=O)CCN2CCOCC2)[nH]1. The fourth-order valence-corrected chi connectivity index (χ4v) is 2.23. The van der Waals surface area contributed by atoms with Crippen molar-refractivity contribution in [3.63, 3.8) is 0 Å². The molecule has 2 rings (SSSR count). The van der Waals surface area contributed by atoms with Gasteiger partial charge in [0.1, 0.15) is 0 Å². The van der Waals surface area contributed by atoms with Gasteiger partial charge in [0.05, 0.1) is 18.9 Å². The van der Waals surface area contributed by atoms with Gasteiger partial charge in [-0.2, -0.15) is 0 Å². The summed E-state index contributed by atoms with van der Waals surface area (Å²) in [7, 11) is 0. The fourth-order valence-electron chi connectivity index (χ4n) is 2.23. The van der Waals surface area contributed by atoms with Gasteiger partial charge in [-0.05, 0) is 25.5 Å². The molecular formula is C13H20N2O2. The van der Waals surface area contributed by atoms with Crippen LogP contribution in [-0.2, 0) is 4.74 Å². The van der Waals surface area contributed by atoms with E-state index in [0.717, 1.165) is 49.8 Å². The summed E-state index contributed by atoms with van der Waals surface area (Å²) < 4.78 is 5.28. The van der Waals surface area contributed by atoms with Gasteiger partial charge in [0, 0.05) is 31.7 Å². The summed E-state index contributed by atoms with van der Waals surface area (Å²) in [4.78, 5) is 17.5. The minimum absolute atomic E-state index is 0.210. The van der Waals surface area contributed by atoms with Crippen LogP contribution in [0.5, 0.6) is 0 Å². The number of hydrogen-bond acceptors (Lipinski definition) is 3. The Labute approximate surface area is 102 Å². The first-order chi connectivity index (χ1) is 8.16. The number of carbonyl (C=O) groups is 1. The van der Waals surface area contributed by atoms with Gasteiger partial charge in [-0.25, -0.2) is 0 Å². The van der Waals surface area contributed by atoms with Gasteiger partial charge in [-0.1, -0.05) is 0 Å². The van der Waals surface area contributed by atoms with E-state index < -0.39 is 0 Å². The molecule has 0 unspecified atom stereocenters. The predicted molar refractivity (Wildman–Crippen MR) is 66.5 cm³/mol. The van der Waals surface area contributed by atoms with Crippen LogP contribution in [0.2, 0.25) is 0 Å². The standard InChI is InChI=1S/C13H20N2O2/c1-10-9-11(2)14-13(10)12(16)3-4-15-5-7-17-8-6-15/h9,14H,3-8H2,1-2H3. The van der Waals surface area contributed by atoms with Crippen LogP contribution in [-0.4, -0.2) is 48.5 Å². The van der Waals surface area contributed by atoms with Gasteiger partial charge in [-0.3, -0.25) is 9.69 Å². The monoisotopic (exact) mass is 236 g/mol. The van der Waals surface area contributed by atoms with Crippen LogP contribution in [0.25, 0.3) is 0 Å². The van der Waals surface area contributed by atoms with Crippen molar-refractivity contribution < 1.29 is 9.53 Å². The van der Waals surface area contributed by atoms with Crippen LogP contribution in [0, 0.1) is 13.8 Å². The van der Waals surface area contributed by atoms with E-state index in [2.05, 4.69) is 9.88 Å². The Bertz CT molecular complexity index is 392. The summed E-state index contributed by atoms with van der Waals surface area (Å²) in [6, 6.07) is 2.02. The third kappa shape index (κ3) is 3.17. The molecule has 1 fully saturated rings. The lowest BCUT2D eigenvalue weighted by molar-refractivity contribution is 0.0369. The number of aryl methyl sites for hydroxylation is 2. The predicted octanol–water partition coefficient (Wildman–Crippen LogP) is 1.54. The summed E-state index contributed by atoms with van der Waals surface area (Å²) in [6.45, 7) is 8.24. The highest BCUT2D eigenvalue weighted by atomic mass is 16.5. The summed E-state index contributed by atoms with van der Waals surface area (Å²) in [5, 5.41) is 0. The van der Waals surface area contributed by atoms with Crippen LogP contribution in [0.15, 0.2) is 6.07 Å². The topological polar surface area (TPSA) is 45.3 Å². The third-order valence-corrected chi connectivity index (χ3v) is 3.19. The van der Waals surface area contributed by atoms with E-state index in [4.69, 9.17) is 4.74 Å². The highest BCUT2D eigenvalue weighted by Gasteiger charge is 2.15. The van der Waals surface area contributed by atoms with Gasteiger partial charge >= 0.3 is 0 Å². The van der Waals surface area contributed by atoms with Crippen molar-refractivity contribution in [1.82, 2.24) is 9.88 Å². The summed E-state index contributed by atoms with van der Waals surface area (Å²) >= 11 is 0. The van der Waals surface area contributed by atoms with Crippen molar-refractivity contribution in [1.29, 1.82) is 0 Å². The van der Waals surface area contributed by atoms with Crippen molar-refractivity contribution >= 4 is 5.78 Å². The Balaban J connectivity index is 1.86. The molecule has 0 saturated carbocycles. The highest BCUT2D eigenvalue weighted by Crippen LogP contribution is 2.11. The second-order valence-electron chi connectivity index (χ2n) is 4.64. The third-order valence-electron chi connectivity index (χ3n) is 3.19. The van der Waals surface area contributed by atoms with E-state index in [1.165, 1.54) is 0 Å². The second-order valence-corrected chi connectivity index (χ2v) is 4.64. The molecule has 0 aliphatic carbocycles. The van der Waals surface area contributed by atoms with Gasteiger partial charge < -0.3 is 9.72 Å². The average Bonchev–Trinajstić information content (AvgIpc) is 2.67. The van der Waals surface area contributed by atoms with E-state index in [1.54, 1.807) is 0 Å². The van der Waals surface area contributed by atoms with Crippen LogP contribution in [0.1, 0.15) is 28.2 Å². The molecule has 1 N–H and O–H groups in total. The van der Waals surface area contributed by atoms with Crippen LogP contribution >= 0.6 is 0 Å². The lowest BCUT2D eigenvalue weighted by Gasteiger charge is -2.26. The highest BCUT2D eigenvalue weighted by molar-refractivity contribution is 5.95. The zero-order valence-corrected chi connectivity index (χ0v) is 10.6. The van der Waals surface area contributed by atoms with Gasteiger partial charge in [-0.15, -0.1) is 0 Å².